The molecule has 0 saturated heterocycles. The molecule has 1 heterocycles. The predicted octanol–water partition coefficient (Wildman–Crippen LogP) is 4.71. The topological polar surface area (TPSA) is 108 Å². The number of alkyl halides is 3. The molecule has 0 fully saturated rings. The van der Waals surface area contributed by atoms with Crippen LogP contribution in [0, 0.1) is 0 Å². The molecule has 37 heavy (non-hydrogen) atoms. The van der Waals surface area contributed by atoms with Crippen LogP contribution in [0.15, 0.2) is 77.7 Å². The predicted molar refractivity (Wildman–Crippen MR) is 130 cm³/mol. The summed E-state index contributed by atoms with van der Waals surface area (Å²) in [4.78, 5) is 25.3. The summed E-state index contributed by atoms with van der Waals surface area (Å²) in [5, 5.41) is 0.557. The van der Waals surface area contributed by atoms with Gasteiger partial charge in [-0.15, -0.1) is 13.2 Å². The maximum absolute atomic E-state index is 13.5. The Hall–Kier alpha value is -4.12. The molecule has 1 amide bonds. The van der Waals surface area contributed by atoms with E-state index in [1.165, 1.54) is 34.9 Å². The summed E-state index contributed by atoms with van der Waals surface area (Å²) >= 11 is 0. The molecule has 0 spiro atoms. The first kappa shape index (κ1) is 26.0. The molecule has 3 aromatic carbocycles. The number of fused-ring (bicyclic) bond motifs is 1. The van der Waals surface area contributed by atoms with Crippen molar-refractivity contribution in [1.82, 2.24) is 4.57 Å². The van der Waals surface area contributed by atoms with E-state index in [1.807, 2.05) is 0 Å². The molecular formula is C26H21F3N2O5S. The maximum Gasteiger partial charge on any atom is 0.573 e. The Bertz CT molecular complexity index is 1590. The van der Waals surface area contributed by atoms with Gasteiger partial charge < -0.3 is 10.5 Å². The van der Waals surface area contributed by atoms with E-state index in [1.54, 1.807) is 37.3 Å². The fraction of sp³-hybridized carbons (Fsp3) is 0.154. The van der Waals surface area contributed by atoms with Crippen LogP contribution in [0.1, 0.15) is 38.9 Å². The van der Waals surface area contributed by atoms with Crippen molar-refractivity contribution in [2.75, 3.05) is 5.75 Å². The number of aromatic nitrogens is 1. The lowest BCUT2D eigenvalue weighted by molar-refractivity contribution is -0.274. The molecule has 2 N–H and O–H groups in total. The second-order valence-electron chi connectivity index (χ2n) is 8.21. The summed E-state index contributed by atoms with van der Waals surface area (Å²) in [6.07, 6.45) is -4.63. The second kappa shape index (κ2) is 9.74. The summed E-state index contributed by atoms with van der Waals surface area (Å²) in [5.74, 6) is -1.66. The number of nitrogens with zero attached hydrogens (tertiary/aromatic N) is 1. The van der Waals surface area contributed by atoms with Gasteiger partial charge in [0.05, 0.1) is 16.2 Å². The lowest BCUT2D eigenvalue weighted by Crippen LogP contribution is -2.18. The number of hydrogen-bond donors (Lipinski definition) is 1. The van der Waals surface area contributed by atoms with E-state index in [-0.39, 0.29) is 28.2 Å². The smallest absolute Gasteiger partial charge is 0.406 e. The fourth-order valence-electron chi connectivity index (χ4n) is 3.91. The van der Waals surface area contributed by atoms with Gasteiger partial charge in [-0.05, 0) is 66.2 Å². The van der Waals surface area contributed by atoms with Crippen LogP contribution in [0.25, 0.3) is 10.9 Å². The Morgan fingerprint density at radius 2 is 1.54 bits per heavy atom. The van der Waals surface area contributed by atoms with Gasteiger partial charge in [-0.25, -0.2) is 8.42 Å². The molecule has 192 valence electrons. The Balaban J connectivity index is 1.75. The highest BCUT2D eigenvalue weighted by atomic mass is 32.2. The number of carbonyl (C=O) groups excluding carboxylic acids is 2. The number of carbonyl (C=O) groups is 2. The van der Waals surface area contributed by atoms with Gasteiger partial charge in [0, 0.05) is 28.6 Å². The van der Waals surface area contributed by atoms with E-state index in [9.17, 15) is 31.2 Å². The number of rotatable bonds is 7. The van der Waals surface area contributed by atoms with E-state index in [2.05, 4.69) is 4.74 Å². The van der Waals surface area contributed by atoms with Gasteiger partial charge in [-0.1, -0.05) is 19.1 Å². The second-order valence-corrected chi connectivity index (χ2v) is 10.5. The minimum atomic E-state index is -4.86. The van der Waals surface area contributed by atoms with Gasteiger partial charge in [0.1, 0.15) is 5.75 Å². The molecule has 1 aromatic heterocycles. The number of primary amides is 1. The van der Waals surface area contributed by atoms with Crippen LogP contribution in [0.2, 0.25) is 0 Å². The molecule has 4 aromatic rings. The number of ether oxygens (including phenoxy) is 1. The van der Waals surface area contributed by atoms with E-state index in [0.29, 0.717) is 16.6 Å². The summed E-state index contributed by atoms with van der Waals surface area (Å²) < 4.78 is 67.0. The molecule has 0 radical (unpaired) electrons. The standard InChI is InChI=1S/C26H21F3N2O5S/c1-2-37(34,35)22-10-3-16(4-11-22)13-20-15-19-14-18(24(30)32)7-12-23(19)31(20)25(33)17-5-8-21(9-6-17)36-26(27,28)29/h3-12,14-15H,2,13H2,1H3,(H2,30,32). The van der Waals surface area contributed by atoms with Crippen molar-refractivity contribution in [2.24, 2.45) is 5.73 Å². The van der Waals surface area contributed by atoms with Gasteiger partial charge in [0.25, 0.3) is 5.91 Å². The summed E-state index contributed by atoms with van der Waals surface area (Å²) in [6.45, 7) is 1.55. The van der Waals surface area contributed by atoms with Crippen molar-refractivity contribution in [1.29, 1.82) is 0 Å². The van der Waals surface area contributed by atoms with Crippen LogP contribution in [-0.4, -0.2) is 36.9 Å². The summed E-state index contributed by atoms with van der Waals surface area (Å²) in [6, 6.07) is 17.1. The fourth-order valence-corrected chi connectivity index (χ4v) is 4.80. The minimum Gasteiger partial charge on any atom is -0.406 e. The van der Waals surface area contributed by atoms with Crippen molar-refractivity contribution in [3.05, 3.63) is 95.2 Å². The average Bonchev–Trinajstić information content (AvgIpc) is 3.20. The zero-order valence-corrected chi connectivity index (χ0v) is 20.3. The number of benzene rings is 3. The van der Waals surface area contributed by atoms with Crippen molar-refractivity contribution < 1.29 is 35.9 Å². The molecule has 11 heteroatoms. The van der Waals surface area contributed by atoms with Crippen LogP contribution in [0.5, 0.6) is 5.75 Å². The van der Waals surface area contributed by atoms with Crippen molar-refractivity contribution in [3.63, 3.8) is 0 Å². The first-order valence-electron chi connectivity index (χ1n) is 11.0. The summed E-state index contributed by atoms with van der Waals surface area (Å²) in [7, 11) is -3.38. The molecule has 0 aliphatic rings. The van der Waals surface area contributed by atoms with E-state index >= 15 is 0 Å². The van der Waals surface area contributed by atoms with E-state index < -0.39 is 33.8 Å². The van der Waals surface area contributed by atoms with Crippen molar-refractivity contribution in [2.45, 2.75) is 24.6 Å². The monoisotopic (exact) mass is 530 g/mol. The Kier molecular flexibility index (Phi) is 6.83. The number of halogens is 3. The molecule has 4 rings (SSSR count). The third-order valence-electron chi connectivity index (χ3n) is 5.75. The maximum atomic E-state index is 13.5. The lowest BCUT2D eigenvalue weighted by atomic mass is 10.1. The molecule has 0 saturated carbocycles. The Morgan fingerprint density at radius 3 is 2.11 bits per heavy atom. The van der Waals surface area contributed by atoms with Crippen LogP contribution in [0.4, 0.5) is 13.2 Å². The normalized spacial score (nSPS) is 12.0. The van der Waals surface area contributed by atoms with Crippen LogP contribution in [0.3, 0.4) is 0 Å². The van der Waals surface area contributed by atoms with Gasteiger partial charge in [0.2, 0.25) is 5.91 Å². The minimum absolute atomic E-state index is 0.0376. The summed E-state index contributed by atoms with van der Waals surface area (Å²) in [5.41, 5.74) is 7.44. The third-order valence-corrected chi connectivity index (χ3v) is 7.50. The van der Waals surface area contributed by atoms with E-state index in [0.717, 1.165) is 17.7 Å². The molecule has 0 aliphatic carbocycles. The van der Waals surface area contributed by atoms with Gasteiger partial charge in [-0.3, -0.25) is 14.2 Å². The molecule has 0 unspecified atom stereocenters. The molecule has 7 nitrogen and oxygen atoms in total. The number of hydrogen-bond acceptors (Lipinski definition) is 5. The van der Waals surface area contributed by atoms with Gasteiger partial charge in [-0.2, -0.15) is 0 Å². The highest BCUT2D eigenvalue weighted by molar-refractivity contribution is 7.91. The molecule has 0 atom stereocenters. The number of sulfone groups is 1. The van der Waals surface area contributed by atoms with Crippen LogP contribution < -0.4 is 10.5 Å². The zero-order chi connectivity index (χ0) is 27.0. The largest absolute Gasteiger partial charge is 0.573 e. The number of nitrogens with two attached hydrogens (primary N) is 1. The van der Waals surface area contributed by atoms with Gasteiger partial charge in [0.15, 0.2) is 9.84 Å². The first-order valence-corrected chi connectivity index (χ1v) is 12.7. The van der Waals surface area contributed by atoms with Crippen molar-refractivity contribution in [3.8, 4) is 5.75 Å². The van der Waals surface area contributed by atoms with E-state index in [4.69, 9.17) is 5.73 Å². The quantitative estimate of drug-likeness (QED) is 0.372. The zero-order valence-electron chi connectivity index (χ0n) is 19.5. The Labute approximate surface area is 210 Å². The molecule has 0 aliphatic heterocycles. The highest BCUT2D eigenvalue weighted by Crippen LogP contribution is 2.27. The van der Waals surface area contributed by atoms with Crippen LogP contribution >= 0.6 is 0 Å². The van der Waals surface area contributed by atoms with Crippen LogP contribution in [-0.2, 0) is 16.3 Å². The molecular weight excluding hydrogens is 509 g/mol. The Morgan fingerprint density at radius 1 is 0.919 bits per heavy atom. The SMILES string of the molecule is CCS(=O)(=O)c1ccc(Cc2cc3cc(C(N)=O)ccc3n2C(=O)c2ccc(OC(F)(F)F)cc2)cc1. The molecule has 0 bridgehead atoms. The highest BCUT2D eigenvalue weighted by Gasteiger charge is 2.31. The third kappa shape index (κ3) is 5.67. The first-order chi connectivity index (χ1) is 17.4. The van der Waals surface area contributed by atoms with Crippen molar-refractivity contribution >= 4 is 32.6 Å². The average molecular weight is 531 g/mol. The lowest BCUT2D eigenvalue weighted by Gasteiger charge is -2.12. The van der Waals surface area contributed by atoms with Gasteiger partial charge >= 0.3 is 6.36 Å². The number of amides is 1.